The van der Waals surface area contributed by atoms with Crippen LogP contribution in [-0.4, -0.2) is 28.9 Å². The predicted octanol–water partition coefficient (Wildman–Crippen LogP) is 2.34. The van der Waals surface area contributed by atoms with Crippen LogP contribution in [0.25, 0.3) is 0 Å². The summed E-state index contributed by atoms with van der Waals surface area (Å²) in [4.78, 5) is 18.0. The molecule has 0 aromatic carbocycles. The van der Waals surface area contributed by atoms with Crippen molar-refractivity contribution < 1.29 is 4.79 Å². The second-order valence-corrected chi connectivity index (χ2v) is 4.38. The van der Waals surface area contributed by atoms with Crippen LogP contribution in [0.1, 0.15) is 36.5 Å². The fourth-order valence-corrected chi connectivity index (χ4v) is 2.22. The first-order valence-corrected chi connectivity index (χ1v) is 6.00. The van der Waals surface area contributed by atoms with Crippen LogP contribution in [0.4, 0.5) is 0 Å². The van der Waals surface area contributed by atoms with Gasteiger partial charge in [-0.1, -0.05) is 13.3 Å². The Balaban J connectivity index is 1.97. The van der Waals surface area contributed by atoms with Gasteiger partial charge in [0.2, 0.25) is 0 Å². The van der Waals surface area contributed by atoms with Gasteiger partial charge in [-0.25, -0.2) is 0 Å². The summed E-state index contributed by atoms with van der Waals surface area (Å²) in [5, 5.41) is 0. The van der Waals surface area contributed by atoms with E-state index in [1.807, 2.05) is 4.90 Å². The third-order valence-corrected chi connectivity index (χ3v) is 3.41. The number of likely N-dealkylation sites (tertiary alicyclic amines) is 1. The molecule has 1 aliphatic rings. The van der Waals surface area contributed by atoms with E-state index in [1.165, 1.54) is 6.42 Å². The SMILES string of the molecule is CCC1CCN(C(=O)c2ccncc2)CC1. The highest BCUT2D eigenvalue weighted by Crippen LogP contribution is 2.21. The first-order chi connectivity index (χ1) is 7.81. The van der Waals surface area contributed by atoms with E-state index in [9.17, 15) is 4.79 Å². The van der Waals surface area contributed by atoms with Crippen molar-refractivity contribution in [2.24, 2.45) is 5.92 Å². The molecule has 0 bridgehead atoms. The molecule has 1 aromatic rings. The number of amides is 1. The number of hydrogen-bond donors (Lipinski definition) is 0. The third-order valence-electron chi connectivity index (χ3n) is 3.41. The van der Waals surface area contributed by atoms with Gasteiger partial charge in [0.25, 0.3) is 5.91 Å². The van der Waals surface area contributed by atoms with Crippen LogP contribution in [0.3, 0.4) is 0 Å². The molecule has 1 amide bonds. The van der Waals surface area contributed by atoms with Crippen LogP contribution in [0.5, 0.6) is 0 Å². The fraction of sp³-hybridized carbons (Fsp3) is 0.538. The molecule has 1 aromatic heterocycles. The van der Waals surface area contributed by atoms with Crippen LogP contribution < -0.4 is 0 Å². The van der Waals surface area contributed by atoms with Gasteiger partial charge < -0.3 is 4.90 Å². The number of rotatable bonds is 2. The summed E-state index contributed by atoms with van der Waals surface area (Å²) in [6, 6.07) is 3.57. The summed E-state index contributed by atoms with van der Waals surface area (Å²) in [6.07, 6.45) is 6.87. The van der Waals surface area contributed by atoms with Crippen LogP contribution in [0.15, 0.2) is 24.5 Å². The van der Waals surface area contributed by atoms with E-state index in [0.717, 1.165) is 37.4 Å². The summed E-state index contributed by atoms with van der Waals surface area (Å²) >= 11 is 0. The van der Waals surface area contributed by atoms with Crippen LogP contribution in [0.2, 0.25) is 0 Å². The monoisotopic (exact) mass is 218 g/mol. The fourth-order valence-electron chi connectivity index (χ4n) is 2.22. The minimum Gasteiger partial charge on any atom is -0.339 e. The molecular formula is C13H18N2O. The predicted molar refractivity (Wildman–Crippen MR) is 63.2 cm³/mol. The Hall–Kier alpha value is -1.38. The van der Waals surface area contributed by atoms with Crippen molar-refractivity contribution in [1.82, 2.24) is 9.88 Å². The lowest BCUT2D eigenvalue weighted by molar-refractivity contribution is 0.0688. The van der Waals surface area contributed by atoms with Gasteiger partial charge in [-0.05, 0) is 30.9 Å². The zero-order chi connectivity index (χ0) is 11.4. The molecule has 0 saturated carbocycles. The summed E-state index contributed by atoms with van der Waals surface area (Å²) in [5.74, 6) is 0.957. The number of carbonyl (C=O) groups is 1. The zero-order valence-corrected chi connectivity index (χ0v) is 9.72. The van der Waals surface area contributed by atoms with Gasteiger partial charge in [0, 0.05) is 31.0 Å². The third kappa shape index (κ3) is 2.40. The van der Waals surface area contributed by atoms with Gasteiger partial charge in [-0.3, -0.25) is 9.78 Å². The van der Waals surface area contributed by atoms with Gasteiger partial charge >= 0.3 is 0 Å². The Labute approximate surface area is 96.5 Å². The average Bonchev–Trinajstić information content (AvgIpc) is 2.39. The number of hydrogen-bond acceptors (Lipinski definition) is 2. The molecule has 0 unspecified atom stereocenters. The molecule has 3 heteroatoms. The maximum Gasteiger partial charge on any atom is 0.253 e. The Morgan fingerprint density at radius 3 is 2.56 bits per heavy atom. The molecule has 1 saturated heterocycles. The number of carbonyl (C=O) groups excluding carboxylic acids is 1. The molecule has 0 radical (unpaired) electrons. The van der Waals surface area contributed by atoms with Gasteiger partial charge in [-0.2, -0.15) is 0 Å². The molecule has 2 heterocycles. The quantitative estimate of drug-likeness (QED) is 0.763. The number of pyridine rings is 1. The minimum absolute atomic E-state index is 0.150. The van der Waals surface area contributed by atoms with Crippen molar-refractivity contribution in [1.29, 1.82) is 0 Å². The molecule has 0 spiro atoms. The van der Waals surface area contributed by atoms with Crippen LogP contribution in [-0.2, 0) is 0 Å². The van der Waals surface area contributed by atoms with E-state index in [2.05, 4.69) is 11.9 Å². The zero-order valence-electron chi connectivity index (χ0n) is 9.72. The summed E-state index contributed by atoms with van der Waals surface area (Å²) < 4.78 is 0. The Bertz CT molecular complexity index is 342. The Morgan fingerprint density at radius 2 is 2.00 bits per heavy atom. The van der Waals surface area contributed by atoms with Crippen molar-refractivity contribution in [3.63, 3.8) is 0 Å². The minimum atomic E-state index is 0.150. The maximum absolute atomic E-state index is 12.1. The van der Waals surface area contributed by atoms with E-state index in [4.69, 9.17) is 0 Å². The van der Waals surface area contributed by atoms with Crippen LogP contribution in [0, 0.1) is 5.92 Å². The Morgan fingerprint density at radius 1 is 1.38 bits per heavy atom. The summed E-state index contributed by atoms with van der Waals surface area (Å²) in [7, 11) is 0. The molecule has 2 rings (SSSR count). The van der Waals surface area contributed by atoms with Crippen molar-refractivity contribution in [3.05, 3.63) is 30.1 Å². The molecule has 0 atom stereocenters. The average molecular weight is 218 g/mol. The molecule has 3 nitrogen and oxygen atoms in total. The molecular weight excluding hydrogens is 200 g/mol. The van der Waals surface area contributed by atoms with E-state index in [1.54, 1.807) is 24.5 Å². The van der Waals surface area contributed by atoms with Gasteiger partial charge in [0.15, 0.2) is 0 Å². The van der Waals surface area contributed by atoms with E-state index < -0.39 is 0 Å². The van der Waals surface area contributed by atoms with E-state index in [0.29, 0.717) is 0 Å². The molecule has 1 aliphatic heterocycles. The largest absolute Gasteiger partial charge is 0.339 e. The normalized spacial score (nSPS) is 17.4. The van der Waals surface area contributed by atoms with Crippen molar-refractivity contribution in [3.8, 4) is 0 Å². The first kappa shape index (κ1) is 11.1. The molecule has 1 fully saturated rings. The van der Waals surface area contributed by atoms with Gasteiger partial charge in [0.1, 0.15) is 0 Å². The Kier molecular flexibility index (Phi) is 3.54. The van der Waals surface area contributed by atoms with E-state index in [-0.39, 0.29) is 5.91 Å². The van der Waals surface area contributed by atoms with Crippen LogP contribution >= 0.6 is 0 Å². The van der Waals surface area contributed by atoms with Gasteiger partial charge in [-0.15, -0.1) is 0 Å². The second-order valence-electron chi connectivity index (χ2n) is 4.38. The highest BCUT2D eigenvalue weighted by molar-refractivity contribution is 5.94. The first-order valence-electron chi connectivity index (χ1n) is 6.00. The molecule has 86 valence electrons. The standard InChI is InChI=1S/C13H18N2O/c1-2-11-5-9-15(10-6-11)13(16)12-3-7-14-8-4-12/h3-4,7-8,11H,2,5-6,9-10H2,1H3. The maximum atomic E-state index is 12.1. The smallest absolute Gasteiger partial charge is 0.253 e. The molecule has 0 aliphatic carbocycles. The topological polar surface area (TPSA) is 33.2 Å². The molecule has 0 N–H and O–H groups in total. The lowest BCUT2D eigenvalue weighted by Gasteiger charge is -2.31. The van der Waals surface area contributed by atoms with Crippen molar-refractivity contribution in [2.45, 2.75) is 26.2 Å². The summed E-state index contributed by atoms with van der Waals surface area (Å²) in [5.41, 5.74) is 0.755. The second kappa shape index (κ2) is 5.10. The van der Waals surface area contributed by atoms with Gasteiger partial charge in [0.05, 0.1) is 0 Å². The number of aromatic nitrogens is 1. The number of piperidine rings is 1. The van der Waals surface area contributed by atoms with Crippen molar-refractivity contribution in [2.75, 3.05) is 13.1 Å². The highest BCUT2D eigenvalue weighted by atomic mass is 16.2. The van der Waals surface area contributed by atoms with E-state index >= 15 is 0 Å². The lowest BCUT2D eigenvalue weighted by Crippen LogP contribution is -2.38. The van der Waals surface area contributed by atoms with Crippen molar-refractivity contribution >= 4 is 5.91 Å². The number of nitrogens with zero attached hydrogens (tertiary/aromatic N) is 2. The molecule has 16 heavy (non-hydrogen) atoms. The summed E-state index contributed by atoms with van der Waals surface area (Å²) in [6.45, 7) is 4.03. The lowest BCUT2D eigenvalue weighted by atomic mass is 9.94. The highest BCUT2D eigenvalue weighted by Gasteiger charge is 2.22.